The molecular weight excluding hydrogens is 611 g/mol. The van der Waals surface area contributed by atoms with Crippen LogP contribution in [0.15, 0.2) is 168 Å². The van der Waals surface area contributed by atoms with Crippen LogP contribution in [0.3, 0.4) is 0 Å². The van der Waals surface area contributed by atoms with Crippen molar-refractivity contribution in [3.63, 3.8) is 0 Å². The highest BCUT2D eigenvalue weighted by Crippen LogP contribution is 2.39. The Morgan fingerprint density at radius 3 is 2.02 bits per heavy atom. The van der Waals surface area contributed by atoms with Crippen LogP contribution in [0.1, 0.15) is 0 Å². The molecule has 11 rings (SSSR count). The van der Waals surface area contributed by atoms with E-state index in [0.29, 0.717) is 5.95 Å². The van der Waals surface area contributed by atoms with Crippen LogP contribution in [0.25, 0.3) is 105 Å². The zero-order valence-electron chi connectivity index (χ0n) is 26.8. The first kappa shape index (κ1) is 27.2. The summed E-state index contributed by atoms with van der Waals surface area (Å²) < 4.78 is 8.33. The quantitative estimate of drug-likeness (QED) is 0.194. The normalized spacial score (nSPS) is 12.0. The van der Waals surface area contributed by atoms with E-state index in [0.717, 1.165) is 55.1 Å². The molecule has 3 aromatic heterocycles. The van der Waals surface area contributed by atoms with E-state index >= 15 is 0 Å². The minimum Gasteiger partial charge on any atom is -0.456 e. The molecule has 232 valence electrons. The molecule has 0 aliphatic heterocycles. The van der Waals surface area contributed by atoms with E-state index in [1.807, 2.05) is 18.2 Å². The Hall–Kier alpha value is -6.78. The molecule has 0 radical (unpaired) electrons. The van der Waals surface area contributed by atoms with Gasteiger partial charge in [-0.2, -0.15) is 0 Å². The maximum Gasteiger partial charge on any atom is 0.235 e. The molecule has 0 bridgehead atoms. The van der Waals surface area contributed by atoms with Gasteiger partial charge in [0, 0.05) is 32.5 Å². The third-order valence-corrected chi connectivity index (χ3v) is 10.2. The smallest absolute Gasteiger partial charge is 0.235 e. The van der Waals surface area contributed by atoms with Gasteiger partial charge in [0.25, 0.3) is 0 Å². The van der Waals surface area contributed by atoms with Gasteiger partial charge < -0.3 is 4.42 Å². The van der Waals surface area contributed by atoms with Gasteiger partial charge in [0.1, 0.15) is 11.2 Å². The molecule has 0 unspecified atom stereocenters. The lowest BCUT2D eigenvalue weighted by Crippen LogP contribution is -2.03. The third kappa shape index (κ3) is 3.99. The highest BCUT2D eigenvalue weighted by molar-refractivity contribution is 6.21. The van der Waals surface area contributed by atoms with Gasteiger partial charge in [-0.3, -0.25) is 4.57 Å². The van der Waals surface area contributed by atoms with E-state index in [9.17, 15) is 0 Å². The van der Waals surface area contributed by atoms with Crippen LogP contribution >= 0.6 is 0 Å². The van der Waals surface area contributed by atoms with Crippen LogP contribution in [0.4, 0.5) is 0 Å². The number of hydrogen-bond acceptors (Lipinski definition) is 3. The predicted molar refractivity (Wildman–Crippen MR) is 207 cm³/mol. The van der Waals surface area contributed by atoms with Crippen molar-refractivity contribution >= 4 is 76.2 Å². The lowest BCUT2D eigenvalue weighted by atomic mass is 9.97. The van der Waals surface area contributed by atoms with Crippen molar-refractivity contribution < 1.29 is 4.42 Å². The summed E-state index contributed by atoms with van der Waals surface area (Å²) in [5.41, 5.74) is 9.23. The second-order valence-corrected chi connectivity index (χ2v) is 13.0. The summed E-state index contributed by atoms with van der Waals surface area (Å²) in [5, 5.41) is 10.5. The van der Waals surface area contributed by atoms with E-state index in [4.69, 9.17) is 14.4 Å². The summed E-state index contributed by atoms with van der Waals surface area (Å²) in [4.78, 5) is 10.5. The maximum absolute atomic E-state index is 6.10. The standard InChI is InChI=1S/C46H27N3O/c1-2-10-29-26-33(18-17-28(29)9-1)45-36-12-3-6-14-39(36)47-46(48-45)49-40-15-7-4-13-37(40)44-34-22-19-30(25-32(34)20-23-41(44)49)31-21-24-43-38(27-31)35-11-5-8-16-42(35)50-43/h1-27H. The second kappa shape index (κ2) is 10.4. The Bertz CT molecular complexity index is 3170. The largest absolute Gasteiger partial charge is 0.456 e. The minimum absolute atomic E-state index is 0.662. The van der Waals surface area contributed by atoms with Gasteiger partial charge in [0.2, 0.25) is 5.95 Å². The van der Waals surface area contributed by atoms with Crippen molar-refractivity contribution in [2.24, 2.45) is 0 Å². The number of fused-ring (bicyclic) bond motifs is 10. The molecule has 11 aromatic rings. The summed E-state index contributed by atoms with van der Waals surface area (Å²) in [5.74, 6) is 0.662. The predicted octanol–water partition coefficient (Wildman–Crippen LogP) is 12.3. The van der Waals surface area contributed by atoms with E-state index in [1.165, 1.54) is 43.4 Å². The molecule has 3 heterocycles. The number of benzene rings is 8. The molecule has 4 nitrogen and oxygen atoms in total. The minimum atomic E-state index is 0.662. The highest BCUT2D eigenvalue weighted by atomic mass is 16.3. The fourth-order valence-corrected chi connectivity index (χ4v) is 7.82. The summed E-state index contributed by atoms with van der Waals surface area (Å²) in [7, 11) is 0. The van der Waals surface area contributed by atoms with Gasteiger partial charge in [0.15, 0.2) is 0 Å². The van der Waals surface area contributed by atoms with Crippen LogP contribution in [-0.2, 0) is 0 Å². The van der Waals surface area contributed by atoms with Crippen LogP contribution in [0.5, 0.6) is 0 Å². The number of furan rings is 1. The Morgan fingerprint density at radius 2 is 1.08 bits per heavy atom. The van der Waals surface area contributed by atoms with Gasteiger partial charge in [-0.15, -0.1) is 0 Å². The molecule has 0 atom stereocenters. The first-order chi connectivity index (χ1) is 24.8. The molecule has 50 heavy (non-hydrogen) atoms. The third-order valence-electron chi connectivity index (χ3n) is 10.2. The topological polar surface area (TPSA) is 43.9 Å². The van der Waals surface area contributed by atoms with Crippen molar-refractivity contribution in [2.45, 2.75) is 0 Å². The van der Waals surface area contributed by atoms with Gasteiger partial charge in [-0.05, 0) is 81.2 Å². The van der Waals surface area contributed by atoms with E-state index in [1.54, 1.807) is 0 Å². The van der Waals surface area contributed by atoms with Crippen LogP contribution in [0.2, 0.25) is 0 Å². The van der Waals surface area contributed by atoms with Crippen molar-refractivity contribution in [2.75, 3.05) is 0 Å². The molecule has 0 N–H and O–H groups in total. The number of aromatic nitrogens is 3. The summed E-state index contributed by atoms with van der Waals surface area (Å²) in [6.07, 6.45) is 0. The van der Waals surface area contributed by atoms with Gasteiger partial charge >= 0.3 is 0 Å². The number of nitrogens with zero attached hydrogens (tertiary/aromatic N) is 3. The molecule has 0 aliphatic rings. The second-order valence-electron chi connectivity index (χ2n) is 13.0. The molecule has 0 fully saturated rings. The SMILES string of the molecule is c1ccc2cc(-c3nc(-n4c5ccccc5c5c6ccc(-c7ccc8oc9ccccc9c8c7)cc6ccc54)nc4ccccc34)ccc2c1. The van der Waals surface area contributed by atoms with Crippen LogP contribution in [0, 0.1) is 0 Å². The van der Waals surface area contributed by atoms with Crippen molar-refractivity contribution in [3.8, 4) is 28.3 Å². The molecule has 0 amide bonds. The first-order valence-electron chi connectivity index (χ1n) is 16.9. The molecule has 0 spiro atoms. The van der Waals surface area contributed by atoms with Crippen LogP contribution < -0.4 is 0 Å². The molecule has 4 heteroatoms. The molecular formula is C46H27N3O. The molecule has 0 aliphatic carbocycles. The lowest BCUT2D eigenvalue weighted by Gasteiger charge is -2.12. The summed E-state index contributed by atoms with van der Waals surface area (Å²) in [6, 6.07) is 57.9. The monoisotopic (exact) mass is 637 g/mol. The lowest BCUT2D eigenvalue weighted by molar-refractivity contribution is 0.669. The Balaban J connectivity index is 1.12. The number of rotatable bonds is 3. The van der Waals surface area contributed by atoms with Gasteiger partial charge in [0.05, 0.1) is 22.2 Å². The first-order valence-corrected chi connectivity index (χ1v) is 16.9. The summed E-state index contributed by atoms with van der Waals surface area (Å²) >= 11 is 0. The zero-order chi connectivity index (χ0) is 32.8. The zero-order valence-corrected chi connectivity index (χ0v) is 26.8. The Labute approximate surface area is 286 Å². The Kier molecular flexibility index (Phi) is 5.63. The van der Waals surface area contributed by atoms with Gasteiger partial charge in [-0.25, -0.2) is 9.97 Å². The molecule has 0 saturated carbocycles. The van der Waals surface area contributed by atoms with Crippen molar-refractivity contribution in [1.29, 1.82) is 0 Å². The number of para-hydroxylation sites is 3. The average Bonchev–Trinajstić information content (AvgIpc) is 3.73. The Morgan fingerprint density at radius 1 is 0.400 bits per heavy atom. The highest BCUT2D eigenvalue weighted by Gasteiger charge is 2.19. The van der Waals surface area contributed by atoms with Crippen molar-refractivity contribution in [3.05, 3.63) is 164 Å². The van der Waals surface area contributed by atoms with Crippen LogP contribution in [-0.4, -0.2) is 14.5 Å². The average molecular weight is 638 g/mol. The fraction of sp³-hybridized carbons (Fsp3) is 0. The van der Waals surface area contributed by atoms with E-state index in [2.05, 4.69) is 150 Å². The maximum atomic E-state index is 6.10. The molecule has 8 aromatic carbocycles. The van der Waals surface area contributed by atoms with E-state index in [-0.39, 0.29) is 0 Å². The number of hydrogen-bond donors (Lipinski definition) is 0. The van der Waals surface area contributed by atoms with Crippen molar-refractivity contribution in [1.82, 2.24) is 14.5 Å². The molecule has 0 saturated heterocycles. The fourth-order valence-electron chi connectivity index (χ4n) is 7.82. The van der Waals surface area contributed by atoms with Gasteiger partial charge in [-0.1, -0.05) is 115 Å². The summed E-state index contributed by atoms with van der Waals surface area (Å²) in [6.45, 7) is 0. The van der Waals surface area contributed by atoms with E-state index < -0.39 is 0 Å².